The highest BCUT2D eigenvalue weighted by Gasteiger charge is 2.74. The normalized spacial score (nSPS) is 23.2. The summed E-state index contributed by atoms with van der Waals surface area (Å²) in [7, 11) is 0. The Bertz CT molecular complexity index is 1510. The number of nitrogens with zero attached hydrogens (tertiary/aromatic N) is 1. The van der Waals surface area contributed by atoms with Gasteiger partial charge < -0.3 is 9.47 Å². The summed E-state index contributed by atoms with van der Waals surface area (Å²) >= 11 is 0. The summed E-state index contributed by atoms with van der Waals surface area (Å²) in [4.78, 5) is 68.2. The Morgan fingerprint density at radius 2 is 1.58 bits per heavy atom. The number of ketones is 2. The zero-order valence-corrected chi connectivity index (χ0v) is 20.1. The van der Waals surface area contributed by atoms with E-state index in [1.807, 2.05) is 0 Å². The molecule has 2 aliphatic heterocycles. The van der Waals surface area contributed by atoms with Gasteiger partial charge >= 0.3 is 5.97 Å². The van der Waals surface area contributed by atoms with Crippen molar-refractivity contribution in [2.45, 2.75) is 18.6 Å². The van der Waals surface area contributed by atoms with Crippen molar-refractivity contribution < 1.29 is 37.8 Å². The van der Waals surface area contributed by atoms with Crippen molar-refractivity contribution in [3.8, 4) is 0 Å². The Kier molecular flexibility index (Phi) is 5.36. The molecule has 3 aliphatic rings. The average molecular weight is 513 g/mol. The number of anilines is 1. The SMILES string of the molecule is CCOC(=O)c1ccc(N2C(=O)C3C(c4cccc(F)c4)OC4(C(=O)c5ccccc5C4=O)C3C2=O)cc1. The van der Waals surface area contributed by atoms with Gasteiger partial charge in [-0.25, -0.2) is 14.1 Å². The van der Waals surface area contributed by atoms with Crippen LogP contribution in [0.25, 0.3) is 0 Å². The molecule has 2 saturated heterocycles. The lowest BCUT2D eigenvalue weighted by Crippen LogP contribution is -2.51. The number of benzene rings is 3. The number of rotatable bonds is 4. The molecule has 3 aromatic carbocycles. The minimum atomic E-state index is -2.25. The van der Waals surface area contributed by atoms with E-state index in [-0.39, 0.29) is 34.5 Å². The van der Waals surface area contributed by atoms with Crippen LogP contribution < -0.4 is 4.90 Å². The van der Waals surface area contributed by atoms with Crippen LogP contribution in [0.15, 0.2) is 72.8 Å². The fourth-order valence-electron chi connectivity index (χ4n) is 5.72. The van der Waals surface area contributed by atoms with Crippen LogP contribution in [0.4, 0.5) is 10.1 Å². The third-order valence-corrected chi connectivity index (χ3v) is 7.33. The number of imide groups is 1. The molecule has 2 heterocycles. The second kappa shape index (κ2) is 8.53. The number of Topliss-reactive ketones (excluding diaryl/α,β-unsaturated/α-hetero) is 2. The molecule has 0 radical (unpaired) electrons. The molecule has 3 aromatic rings. The quantitative estimate of drug-likeness (QED) is 0.298. The second-order valence-corrected chi connectivity index (χ2v) is 9.32. The van der Waals surface area contributed by atoms with Crippen LogP contribution in [-0.2, 0) is 19.1 Å². The first-order valence-corrected chi connectivity index (χ1v) is 12.1. The van der Waals surface area contributed by atoms with Crippen molar-refractivity contribution in [3.05, 3.63) is 101 Å². The lowest BCUT2D eigenvalue weighted by molar-refractivity contribution is -0.127. The number of hydrogen-bond donors (Lipinski definition) is 0. The van der Waals surface area contributed by atoms with E-state index in [1.165, 1.54) is 54.6 Å². The van der Waals surface area contributed by atoms with E-state index in [0.717, 1.165) is 11.0 Å². The van der Waals surface area contributed by atoms with Gasteiger partial charge in [0.25, 0.3) is 0 Å². The molecule has 9 heteroatoms. The van der Waals surface area contributed by atoms with E-state index in [2.05, 4.69) is 0 Å². The van der Waals surface area contributed by atoms with Gasteiger partial charge in [0, 0.05) is 11.1 Å². The Hall–Kier alpha value is -4.50. The van der Waals surface area contributed by atoms with Crippen LogP contribution in [0.3, 0.4) is 0 Å². The molecule has 38 heavy (non-hydrogen) atoms. The summed E-state index contributed by atoms with van der Waals surface area (Å²) < 4.78 is 25.3. The van der Waals surface area contributed by atoms with Crippen LogP contribution in [0, 0.1) is 17.7 Å². The largest absolute Gasteiger partial charge is 0.462 e. The number of carbonyl (C=O) groups excluding carboxylic acids is 5. The summed E-state index contributed by atoms with van der Waals surface area (Å²) in [5.41, 5.74) is -1.43. The predicted octanol–water partition coefficient (Wildman–Crippen LogP) is 3.70. The molecule has 0 aromatic heterocycles. The van der Waals surface area contributed by atoms with Crippen LogP contribution in [-0.4, -0.2) is 41.6 Å². The van der Waals surface area contributed by atoms with Gasteiger partial charge in [0.1, 0.15) is 5.82 Å². The molecule has 2 fully saturated rings. The van der Waals surface area contributed by atoms with Crippen LogP contribution in [0.5, 0.6) is 0 Å². The maximum Gasteiger partial charge on any atom is 0.338 e. The third-order valence-electron chi connectivity index (χ3n) is 7.33. The van der Waals surface area contributed by atoms with Gasteiger partial charge in [-0.1, -0.05) is 36.4 Å². The van der Waals surface area contributed by atoms with E-state index >= 15 is 0 Å². The number of esters is 1. The highest BCUT2D eigenvalue weighted by atomic mass is 19.1. The van der Waals surface area contributed by atoms with Crippen LogP contribution in [0.1, 0.15) is 49.7 Å². The molecule has 8 nitrogen and oxygen atoms in total. The summed E-state index contributed by atoms with van der Waals surface area (Å²) in [5, 5.41) is 0. The minimum absolute atomic E-state index is 0.105. The molecule has 190 valence electrons. The first-order chi connectivity index (χ1) is 18.3. The summed E-state index contributed by atoms with van der Waals surface area (Å²) in [5.74, 6) is -6.74. The molecule has 0 saturated carbocycles. The maximum absolute atomic E-state index is 14.2. The average Bonchev–Trinajstić information content (AvgIpc) is 3.49. The van der Waals surface area contributed by atoms with Crippen molar-refractivity contribution in [3.63, 3.8) is 0 Å². The van der Waals surface area contributed by atoms with Crippen molar-refractivity contribution >= 4 is 35.0 Å². The van der Waals surface area contributed by atoms with Gasteiger partial charge in [-0.2, -0.15) is 0 Å². The fraction of sp³-hybridized carbons (Fsp3) is 0.207. The van der Waals surface area contributed by atoms with Crippen molar-refractivity contribution in [2.24, 2.45) is 11.8 Å². The highest BCUT2D eigenvalue weighted by molar-refractivity contribution is 6.37. The Balaban J connectivity index is 1.47. The van der Waals surface area contributed by atoms with E-state index in [4.69, 9.17) is 9.47 Å². The Morgan fingerprint density at radius 1 is 0.921 bits per heavy atom. The van der Waals surface area contributed by atoms with Crippen molar-refractivity contribution in [2.75, 3.05) is 11.5 Å². The van der Waals surface area contributed by atoms with Crippen molar-refractivity contribution in [1.29, 1.82) is 0 Å². The van der Waals surface area contributed by atoms with Gasteiger partial charge in [-0.15, -0.1) is 0 Å². The highest BCUT2D eigenvalue weighted by Crippen LogP contribution is 2.57. The first-order valence-electron chi connectivity index (χ1n) is 12.1. The molecular weight excluding hydrogens is 493 g/mol. The van der Waals surface area contributed by atoms with Crippen molar-refractivity contribution in [1.82, 2.24) is 0 Å². The molecular formula is C29H20FNO7. The van der Waals surface area contributed by atoms with Gasteiger partial charge in [0.15, 0.2) is 0 Å². The van der Waals surface area contributed by atoms with Gasteiger partial charge in [-0.05, 0) is 48.9 Å². The molecule has 1 aliphatic carbocycles. The van der Waals surface area contributed by atoms with E-state index in [1.54, 1.807) is 19.1 Å². The Labute approximate surface area is 216 Å². The topological polar surface area (TPSA) is 107 Å². The maximum atomic E-state index is 14.2. The summed E-state index contributed by atoms with van der Waals surface area (Å²) in [6, 6.07) is 17.1. The van der Waals surface area contributed by atoms with E-state index in [9.17, 15) is 28.4 Å². The standard InChI is InChI=1S/C29H20FNO7/c1-2-37-28(36)15-10-12-18(13-11-15)31-26(34)21-22(27(31)35)29(38-23(21)16-6-5-7-17(30)14-16)24(32)19-8-3-4-9-20(19)25(29)33/h3-14,21-23H,2H2,1H3. The minimum Gasteiger partial charge on any atom is -0.462 e. The molecule has 0 N–H and O–H groups in total. The summed E-state index contributed by atoms with van der Waals surface area (Å²) in [6.07, 6.45) is -1.22. The Morgan fingerprint density at radius 3 is 2.18 bits per heavy atom. The number of halogens is 1. The second-order valence-electron chi connectivity index (χ2n) is 9.32. The van der Waals surface area contributed by atoms with Gasteiger partial charge in [0.05, 0.1) is 35.8 Å². The lowest BCUT2D eigenvalue weighted by atomic mass is 9.77. The first kappa shape index (κ1) is 23.9. The molecule has 1 spiro atoms. The summed E-state index contributed by atoms with van der Waals surface area (Å²) in [6.45, 7) is 1.85. The van der Waals surface area contributed by atoms with Crippen LogP contribution >= 0.6 is 0 Å². The van der Waals surface area contributed by atoms with Crippen LogP contribution in [0.2, 0.25) is 0 Å². The predicted molar refractivity (Wildman–Crippen MR) is 130 cm³/mol. The zero-order chi connectivity index (χ0) is 26.8. The van der Waals surface area contributed by atoms with Gasteiger partial charge in [0.2, 0.25) is 29.0 Å². The lowest BCUT2D eigenvalue weighted by Gasteiger charge is -2.27. The van der Waals surface area contributed by atoms with Gasteiger partial charge in [-0.3, -0.25) is 19.2 Å². The number of carbonyl (C=O) groups is 5. The van der Waals surface area contributed by atoms with E-state index in [0.29, 0.717) is 0 Å². The molecule has 6 rings (SSSR count). The van der Waals surface area contributed by atoms with E-state index < -0.39 is 58.7 Å². The monoisotopic (exact) mass is 513 g/mol. The molecule has 3 unspecified atom stereocenters. The number of fused-ring (bicyclic) bond motifs is 3. The molecule has 3 atom stereocenters. The molecule has 0 bridgehead atoms. The third kappa shape index (κ3) is 3.15. The number of amides is 2. The molecule has 2 amide bonds. The fourth-order valence-corrected chi connectivity index (χ4v) is 5.72. The smallest absolute Gasteiger partial charge is 0.338 e. The zero-order valence-electron chi connectivity index (χ0n) is 20.1. The number of hydrogen-bond acceptors (Lipinski definition) is 7. The number of ether oxygens (including phenoxy) is 2.